The zero-order valence-electron chi connectivity index (χ0n) is 7.25. The van der Waals surface area contributed by atoms with Gasteiger partial charge in [-0.25, -0.2) is 9.97 Å². The molecule has 0 fully saturated rings. The molecule has 0 bridgehead atoms. The van der Waals surface area contributed by atoms with Crippen molar-refractivity contribution in [1.82, 2.24) is 15.0 Å². The van der Waals surface area contributed by atoms with E-state index in [1.165, 1.54) is 6.20 Å². The van der Waals surface area contributed by atoms with Gasteiger partial charge in [0.05, 0.1) is 5.56 Å². The lowest BCUT2D eigenvalue weighted by atomic mass is 10.2. The molecule has 0 saturated heterocycles. The molecule has 0 atom stereocenters. The van der Waals surface area contributed by atoms with Crippen LogP contribution in [-0.4, -0.2) is 15.0 Å². The number of nitriles is 1. The Kier molecular flexibility index (Phi) is 2.15. The van der Waals surface area contributed by atoms with E-state index < -0.39 is 0 Å². The SMILES string of the molecule is N#Cc1cncc(-c2ncccn2)c1. The Hall–Kier alpha value is -2.28. The van der Waals surface area contributed by atoms with Crippen LogP contribution in [0.4, 0.5) is 0 Å². The highest BCUT2D eigenvalue weighted by molar-refractivity contribution is 5.55. The van der Waals surface area contributed by atoms with E-state index in [-0.39, 0.29) is 0 Å². The molecule has 4 nitrogen and oxygen atoms in total. The number of aromatic nitrogens is 3. The van der Waals surface area contributed by atoms with E-state index >= 15 is 0 Å². The highest BCUT2D eigenvalue weighted by Crippen LogP contribution is 2.12. The fourth-order valence-electron chi connectivity index (χ4n) is 1.07. The topological polar surface area (TPSA) is 62.5 Å². The summed E-state index contributed by atoms with van der Waals surface area (Å²) in [7, 11) is 0. The van der Waals surface area contributed by atoms with Crippen LogP contribution in [0.3, 0.4) is 0 Å². The molecule has 0 saturated carbocycles. The summed E-state index contributed by atoms with van der Waals surface area (Å²) in [6.07, 6.45) is 6.45. The molecule has 0 aliphatic heterocycles. The highest BCUT2D eigenvalue weighted by Gasteiger charge is 2.00. The molecule has 2 rings (SSSR count). The first-order valence-electron chi connectivity index (χ1n) is 4.02. The van der Waals surface area contributed by atoms with Crippen molar-refractivity contribution in [3.63, 3.8) is 0 Å². The van der Waals surface area contributed by atoms with Crippen molar-refractivity contribution in [3.8, 4) is 17.5 Å². The van der Waals surface area contributed by atoms with Gasteiger partial charge in [-0.05, 0) is 12.1 Å². The zero-order valence-corrected chi connectivity index (χ0v) is 7.25. The van der Waals surface area contributed by atoms with Gasteiger partial charge in [0.15, 0.2) is 5.82 Å². The average molecular weight is 182 g/mol. The van der Waals surface area contributed by atoms with Gasteiger partial charge in [0, 0.05) is 30.4 Å². The Balaban J connectivity index is 2.49. The highest BCUT2D eigenvalue weighted by atomic mass is 14.9. The standard InChI is InChI=1S/C10H6N4/c11-5-8-4-9(7-12-6-8)10-13-2-1-3-14-10/h1-4,6-7H. The lowest BCUT2D eigenvalue weighted by Gasteiger charge is -1.97. The number of pyridine rings is 1. The minimum atomic E-state index is 0.509. The normalized spacial score (nSPS) is 9.36. The molecule has 0 radical (unpaired) electrons. The van der Waals surface area contributed by atoms with Crippen molar-refractivity contribution in [2.45, 2.75) is 0 Å². The fraction of sp³-hybridized carbons (Fsp3) is 0. The molecule has 0 amide bonds. The predicted molar refractivity (Wildman–Crippen MR) is 50.0 cm³/mol. The zero-order chi connectivity index (χ0) is 9.80. The van der Waals surface area contributed by atoms with Gasteiger partial charge in [-0.3, -0.25) is 4.98 Å². The summed E-state index contributed by atoms with van der Waals surface area (Å²) in [5.41, 5.74) is 1.26. The van der Waals surface area contributed by atoms with Crippen molar-refractivity contribution in [1.29, 1.82) is 5.26 Å². The molecule has 2 heterocycles. The molecule has 66 valence electrons. The Labute approximate surface area is 80.9 Å². The van der Waals surface area contributed by atoms with Crippen LogP contribution in [0.2, 0.25) is 0 Å². The maximum atomic E-state index is 8.68. The van der Waals surface area contributed by atoms with Crippen LogP contribution in [0.5, 0.6) is 0 Å². The lowest BCUT2D eigenvalue weighted by Crippen LogP contribution is -1.88. The van der Waals surface area contributed by atoms with Crippen LogP contribution in [0, 0.1) is 11.3 Å². The van der Waals surface area contributed by atoms with Gasteiger partial charge in [0.1, 0.15) is 6.07 Å². The second-order valence-electron chi connectivity index (χ2n) is 2.65. The summed E-state index contributed by atoms with van der Waals surface area (Å²) < 4.78 is 0. The van der Waals surface area contributed by atoms with Crippen molar-refractivity contribution >= 4 is 0 Å². The van der Waals surface area contributed by atoms with E-state index in [1.54, 1.807) is 30.7 Å². The van der Waals surface area contributed by atoms with Crippen LogP contribution < -0.4 is 0 Å². The summed E-state index contributed by atoms with van der Waals surface area (Å²) in [5, 5.41) is 8.68. The van der Waals surface area contributed by atoms with E-state index in [0.717, 1.165) is 5.56 Å². The van der Waals surface area contributed by atoms with Crippen molar-refractivity contribution in [2.75, 3.05) is 0 Å². The molecule has 0 aromatic carbocycles. The third-order valence-corrected chi connectivity index (χ3v) is 1.69. The second kappa shape index (κ2) is 3.62. The monoisotopic (exact) mass is 182 g/mol. The Morgan fingerprint density at radius 1 is 1.14 bits per heavy atom. The quantitative estimate of drug-likeness (QED) is 0.668. The van der Waals surface area contributed by atoms with E-state index in [0.29, 0.717) is 11.4 Å². The number of hydrogen-bond acceptors (Lipinski definition) is 4. The number of nitrogens with zero attached hydrogens (tertiary/aromatic N) is 4. The van der Waals surface area contributed by atoms with Gasteiger partial charge in [0.25, 0.3) is 0 Å². The molecule has 14 heavy (non-hydrogen) atoms. The van der Waals surface area contributed by atoms with Crippen LogP contribution >= 0.6 is 0 Å². The molecular formula is C10H6N4. The first kappa shape index (κ1) is 8.32. The smallest absolute Gasteiger partial charge is 0.160 e. The van der Waals surface area contributed by atoms with E-state index in [4.69, 9.17) is 5.26 Å². The first-order chi connectivity index (χ1) is 6.90. The van der Waals surface area contributed by atoms with E-state index in [1.807, 2.05) is 6.07 Å². The molecule has 2 aromatic rings. The summed E-state index contributed by atoms with van der Waals surface area (Å²) in [5.74, 6) is 0.581. The molecule has 0 aliphatic rings. The average Bonchev–Trinajstić information content (AvgIpc) is 2.30. The Morgan fingerprint density at radius 2 is 1.93 bits per heavy atom. The van der Waals surface area contributed by atoms with Crippen LogP contribution in [0.15, 0.2) is 36.9 Å². The molecule has 4 heteroatoms. The van der Waals surface area contributed by atoms with Gasteiger partial charge < -0.3 is 0 Å². The largest absolute Gasteiger partial charge is 0.263 e. The summed E-state index contributed by atoms with van der Waals surface area (Å²) >= 11 is 0. The van der Waals surface area contributed by atoms with Crippen molar-refractivity contribution < 1.29 is 0 Å². The maximum absolute atomic E-state index is 8.68. The summed E-state index contributed by atoms with van der Waals surface area (Å²) in [6.45, 7) is 0. The van der Waals surface area contributed by atoms with Crippen molar-refractivity contribution in [2.24, 2.45) is 0 Å². The predicted octanol–water partition coefficient (Wildman–Crippen LogP) is 1.41. The third kappa shape index (κ3) is 1.57. The lowest BCUT2D eigenvalue weighted by molar-refractivity contribution is 1.16. The Morgan fingerprint density at radius 3 is 2.64 bits per heavy atom. The Bertz CT molecular complexity index is 473. The molecular weight excluding hydrogens is 176 g/mol. The van der Waals surface area contributed by atoms with E-state index in [9.17, 15) is 0 Å². The molecule has 0 spiro atoms. The maximum Gasteiger partial charge on any atom is 0.160 e. The molecule has 0 aliphatic carbocycles. The summed E-state index contributed by atoms with van der Waals surface area (Å²) in [4.78, 5) is 12.1. The molecule has 0 unspecified atom stereocenters. The van der Waals surface area contributed by atoms with Gasteiger partial charge >= 0.3 is 0 Å². The van der Waals surface area contributed by atoms with E-state index in [2.05, 4.69) is 15.0 Å². The van der Waals surface area contributed by atoms with Crippen LogP contribution in [-0.2, 0) is 0 Å². The third-order valence-electron chi connectivity index (χ3n) is 1.69. The first-order valence-corrected chi connectivity index (χ1v) is 4.02. The van der Waals surface area contributed by atoms with Gasteiger partial charge in [-0.1, -0.05) is 0 Å². The minimum Gasteiger partial charge on any atom is -0.263 e. The van der Waals surface area contributed by atoms with Gasteiger partial charge in [0.2, 0.25) is 0 Å². The summed E-state index contributed by atoms with van der Waals surface area (Å²) in [6, 6.07) is 5.47. The number of rotatable bonds is 1. The molecule has 0 N–H and O–H groups in total. The molecule has 2 aromatic heterocycles. The second-order valence-corrected chi connectivity index (χ2v) is 2.65. The minimum absolute atomic E-state index is 0.509. The van der Waals surface area contributed by atoms with Crippen LogP contribution in [0.1, 0.15) is 5.56 Å². The fourth-order valence-corrected chi connectivity index (χ4v) is 1.07. The van der Waals surface area contributed by atoms with Crippen molar-refractivity contribution in [3.05, 3.63) is 42.5 Å². The van der Waals surface area contributed by atoms with Gasteiger partial charge in [-0.15, -0.1) is 0 Å². The van der Waals surface area contributed by atoms with Crippen LogP contribution in [0.25, 0.3) is 11.4 Å². The van der Waals surface area contributed by atoms with Gasteiger partial charge in [-0.2, -0.15) is 5.26 Å². The number of hydrogen-bond donors (Lipinski definition) is 0.